The summed E-state index contributed by atoms with van der Waals surface area (Å²) in [5.74, 6) is -0.465. The van der Waals surface area contributed by atoms with E-state index in [9.17, 15) is 9.59 Å². The highest BCUT2D eigenvalue weighted by Gasteiger charge is 2.48. The molecule has 1 N–H and O–H groups in total. The first-order valence-electron chi connectivity index (χ1n) is 7.82. The molecule has 1 heterocycles. The Bertz CT molecular complexity index is 805. The number of nitrogens with one attached hydrogen (secondary N) is 1. The highest BCUT2D eigenvalue weighted by atomic mass is 32.2. The molecule has 124 valence electrons. The third-order valence-corrected chi connectivity index (χ3v) is 5.56. The molecule has 0 aromatic heterocycles. The van der Waals surface area contributed by atoms with Gasteiger partial charge in [-0.1, -0.05) is 53.7 Å². The number of hydrogen-bond donors (Lipinski definition) is 1. The lowest BCUT2D eigenvalue weighted by Crippen LogP contribution is -2.55. The number of aryl methyl sites for hydroxylation is 1. The Balaban J connectivity index is 1.80. The van der Waals surface area contributed by atoms with E-state index in [1.807, 2.05) is 55.5 Å². The second-order valence-electron chi connectivity index (χ2n) is 6.14. The lowest BCUT2D eigenvalue weighted by atomic mass is 10.1. The summed E-state index contributed by atoms with van der Waals surface area (Å²) in [5.41, 5.74) is 3.01. The lowest BCUT2D eigenvalue weighted by Gasteiger charge is -2.36. The van der Waals surface area contributed by atoms with Crippen LogP contribution in [-0.4, -0.2) is 23.6 Å². The first kappa shape index (κ1) is 16.6. The zero-order valence-electron chi connectivity index (χ0n) is 14.0. The number of hydrogen-bond acceptors (Lipinski definition) is 3. The van der Waals surface area contributed by atoms with Crippen molar-refractivity contribution < 1.29 is 9.59 Å². The van der Waals surface area contributed by atoms with Crippen molar-refractivity contribution in [1.82, 2.24) is 5.32 Å². The Morgan fingerprint density at radius 1 is 1.21 bits per heavy atom. The molecule has 0 radical (unpaired) electrons. The van der Waals surface area contributed by atoms with E-state index >= 15 is 0 Å². The topological polar surface area (TPSA) is 49.4 Å². The molecule has 0 spiro atoms. The van der Waals surface area contributed by atoms with Crippen LogP contribution in [0.1, 0.15) is 18.1 Å². The third-order valence-electron chi connectivity index (χ3n) is 4.22. The Labute approximate surface area is 146 Å². The van der Waals surface area contributed by atoms with Gasteiger partial charge in [0.05, 0.1) is 5.69 Å². The number of amides is 2. The van der Waals surface area contributed by atoms with Crippen molar-refractivity contribution in [2.75, 3.05) is 11.9 Å². The summed E-state index contributed by atoms with van der Waals surface area (Å²) in [6, 6.07) is 15.6. The van der Waals surface area contributed by atoms with E-state index in [2.05, 4.69) is 5.32 Å². The van der Waals surface area contributed by atoms with E-state index in [1.54, 1.807) is 18.9 Å². The highest BCUT2D eigenvalue weighted by Crippen LogP contribution is 2.44. The number of rotatable bonds is 3. The van der Waals surface area contributed by atoms with Gasteiger partial charge in [0.15, 0.2) is 4.75 Å². The van der Waals surface area contributed by atoms with Crippen molar-refractivity contribution in [2.24, 2.45) is 0 Å². The van der Waals surface area contributed by atoms with Gasteiger partial charge >= 0.3 is 0 Å². The first-order valence-corrected chi connectivity index (χ1v) is 8.63. The van der Waals surface area contributed by atoms with Crippen LogP contribution in [0.15, 0.2) is 53.4 Å². The normalized spacial score (nSPS) is 19.8. The summed E-state index contributed by atoms with van der Waals surface area (Å²) >= 11 is 1.31. The number of nitrogens with zero attached hydrogens (tertiary/aromatic N) is 1. The molecule has 5 heteroatoms. The van der Waals surface area contributed by atoms with Crippen molar-refractivity contribution >= 4 is 29.3 Å². The van der Waals surface area contributed by atoms with E-state index in [0.29, 0.717) is 6.54 Å². The molecule has 1 aliphatic heterocycles. The maximum Gasteiger partial charge on any atom is 0.252 e. The minimum absolute atomic E-state index is 0.201. The SMILES string of the molecule is Cc1cccc(CNC(=O)C2(C)Sc3ccccc3N(C)C2=O)c1. The van der Waals surface area contributed by atoms with Crippen LogP contribution in [0.5, 0.6) is 0 Å². The fourth-order valence-corrected chi connectivity index (χ4v) is 4.12. The minimum Gasteiger partial charge on any atom is -0.350 e. The fourth-order valence-electron chi connectivity index (χ4n) is 2.83. The molecule has 0 saturated heterocycles. The van der Waals surface area contributed by atoms with Crippen LogP contribution in [0.3, 0.4) is 0 Å². The summed E-state index contributed by atoms with van der Waals surface area (Å²) < 4.78 is -1.16. The van der Waals surface area contributed by atoms with Gasteiger partial charge in [-0.25, -0.2) is 0 Å². The molecule has 1 unspecified atom stereocenters. The van der Waals surface area contributed by atoms with Crippen LogP contribution in [0.2, 0.25) is 0 Å². The number of fused-ring (bicyclic) bond motifs is 1. The molecular weight excluding hydrogens is 320 g/mol. The van der Waals surface area contributed by atoms with E-state index in [1.165, 1.54) is 11.8 Å². The summed E-state index contributed by atoms with van der Waals surface area (Å²) in [5, 5.41) is 2.91. The van der Waals surface area contributed by atoms with Crippen molar-refractivity contribution in [3.8, 4) is 0 Å². The van der Waals surface area contributed by atoms with Gasteiger partial charge in [0.1, 0.15) is 0 Å². The van der Waals surface area contributed by atoms with Gasteiger partial charge in [-0.15, -0.1) is 0 Å². The van der Waals surface area contributed by atoms with E-state index in [4.69, 9.17) is 0 Å². The van der Waals surface area contributed by atoms with Gasteiger partial charge in [-0.05, 0) is 31.5 Å². The Morgan fingerprint density at radius 3 is 2.71 bits per heavy atom. The lowest BCUT2D eigenvalue weighted by molar-refractivity contribution is -0.131. The minimum atomic E-state index is -1.16. The second kappa shape index (κ2) is 6.32. The van der Waals surface area contributed by atoms with Crippen LogP contribution in [-0.2, 0) is 16.1 Å². The molecule has 0 bridgehead atoms. The van der Waals surface area contributed by atoms with E-state index < -0.39 is 4.75 Å². The zero-order chi connectivity index (χ0) is 17.3. The van der Waals surface area contributed by atoms with Gasteiger partial charge < -0.3 is 10.2 Å². The molecule has 0 saturated carbocycles. The molecule has 3 rings (SSSR count). The summed E-state index contributed by atoms with van der Waals surface area (Å²) in [6.07, 6.45) is 0. The number of carbonyl (C=O) groups excluding carboxylic acids is 2. The van der Waals surface area contributed by atoms with Crippen LogP contribution in [0.4, 0.5) is 5.69 Å². The first-order chi connectivity index (χ1) is 11.4. The van der Waals surface area contributed by atoms with E-state index in [-0.39, 0.29) is 11.8 Å². The third kappa shape index (κ3) is 2.91. The van der Waals surface area contributed by atoms with Crippen molar-refractivity contribution in [2.45, 2.75) is 30.0 Å². The molecule has 2 aromatic carbocycles. The van der Waals surface area contributed by atoms with Crippen LogP contribution < -0.4 is 10.2 Å². The Morgan fingerprint density at radius 2 is 1.96 bits per heavy atom. The standard InChI is InChI=1S/C19H20N2O2S/c1-13-7-6-8-14(11-13)12-20-17(22)19(2)18(23)21(3)15-9-4-5-10-16(15)24-19/h4-11H,12H2,1-3H3,(H,20,22). The predicted molar refractivity (Wildman–Crippen MR) is 97.1 cm³/mol. The number of benzene rings is 2. The Hall–Kier alpha value is -2.27. The quantitative estimate of drug-likeness (QED) is 0.873. The van der Waals surface area contributed by atoms with E-state index in [0.717, 1.165) is 21.7 Å². The van der Waals surface area contributed by atoms with Gasteiger partial charge in [0, 0.05) is 18.5 Å². The maximum absolute atomic E-state index is 12.8. The number of carbonyl (C=O) groups is 2. The van der Waals surface area contributed by atoms with Crippen molar-refractivity contribution in [3.63, 3.8) is 0 Å². The van der Waals surface area contributed by atoms with Crippen LogP contribution in [0.25, 0.3) is 0 Å². The average molecular weight is 340 g/mol. The molecule has 0 aliphatic carbocycles. The molecule has 0 fully saturated rings. The van der Waals surface area contributed by atoms with Crippen molar-refractivity contribution in [1.29, 1.82) is 0 Å². The maximum atomic E-state index is 12.8. The smallest absolute Gasteiger partial charge is 0.252 e. The number of thioether (sulfide) groups is 1. The fraction of sp³-hybridized carbons (Fsp3) is 0.263. The van der Waals surface area contributed by atoms with Crippen LogP contribution in [0, 0.1) is 6.92 Å². The average Bonchev–Trinajstić information content (AvgIpc) is 2.58. The summed E-state index contributed by atoms with van der Waals surface area (Å²) in [7, 11) is 1.72. The predicted octanol–water partition coefficient (Wildman–Crippen LogP) is 3.14. The molecule has 2 amide bonds. The molecule has 24 heavy (non-hydrogen) atoms. The molecule has 1 aliphatic rings. The summed E-state index contributed by atoms with van der Waals surface area (Å²) in [4.78, 5) is 28.0. The van der Waals surface area contributed by atoms with Gasteiger partial charge in [0.25, 0.3) is 5.91 Å². The molecular formula is C19H20N2O2S. The van der Waals surface area contributed by atoms with Gasteiger partial charge in [0.2, 0.25) is 5.91 Å². The zero-order valence-corrected chi connectivity index (χ0v) is 14.8. The van der Waals surface area contributed by atoms with Gasteiger partial charge in [-0.2, -0.15) is 0 Å². The number of para-hydroxylation sites is 1. The second-order valence-corrected chi connectivity index (χ2v) is 7.60. The summed E-state index contributed by atoms with van der Waals surface area (Å²) in [6.45, 7) is 4.12. The largest absolute Gasteiger partial charge is 0.350 e. The van der Waals surface area contributed by atoms with Gasteiger partial charge in [-0.3, -0.25) is 9.59 Å². The molecule has 1 atom stereocenters. The monoisotopic (exact) mass is 340 g/mol. The highest BCUT2D eigenvalue weighted by molar-refractivity contribution is 8.02. The molecule has 2 aromatic rings. The Kier molecular flexibility index (Phi) is 4.37. The van der Waals surface area contributed by atoms with Crippen LogP contribution >= 0.6 is 11.8 Å². The van der Waals surface area contributed by atoms with Crippen molar-refractivity contribution in [3.05, 3.63) is 59.7 Å². The molecule has 4 nitrogen and oxygen atoms in total. The number of anilines is 1.